The van der Waals surface area contributed by atoms with Crippen LogP contribution in [0.3, 0.4) is 0 Å². The molecule has 0 fully saturated rings. The molecule has 0 radical (unpaired) electrons. The molecule has 1 atom stereocenters. The fraction of sp³-hybridized carbons (Fsp3) is 0.296. The Hall–Kier alpha value is -4.05. The van der Waals surface area contributed by atoms with Gasteiger partial charge in [0.1, 0.15) is 5.75 Å². The number of nitrogens with zero attached hydrogens (tertiary/aromatic N) is 3. The molecule has 1 unspecified atom stereocenters. The minimum absolute atomic E-state index is 0.0320. The van der Waals surface area contributed by atoms with Gasteiger partial charge in [0.2, 0.25) is 0 Å². The van der Waals surface area contributed by atoms with E-state index in [0.29, 0.717) is 38.5 Å². The van der Waals surface area contributed by atoms with Crippen LogP contribution in [0.15, 0.2) is 69.6 Å². The third-order valence-corrected chi connectivity index (χ3v) is 6.86. The van der Waals surface area contributed by atoms with Gasteiger partial charge in [-0.1, -0.05) is 36.8 Å². The zero-order valence-corrected chi connectivity index (χ0v) is 21.6. The number of esters is 1. The van der Waals surface area contributed by atoms with E-state index in [2.05, 4.69) is 11.9 Å². The summed E-state index contributed by atoms with van der Waals surface area (Å²) >= 11 is 1.20. The summed E-state index contributed by atoms with van der Waals surface area (Å²) in [6.07, 6.45) is 3.64. The molecule has 9 nitrogen and oxygen atoms in total. The highest BCUT2D eigenvalue weighted by atomic mass is 32.1. The predicted molar refractivity (Wildman–Crippen MR) is 140 cm³/mol. The summed E-state index contributed by atoms with van der Waals surface area (Å²) < 4.78 is 13.0. The van der Waals surface area contributed by atoms with Crippen LogP contribution in [0.4, 0.5) is 5.69 Å². The molecule has 3 aromatic rings. The molecule has 4 rings (SSSR count). The molecule has 0 saturated heterocycles. The summed E-state index contributed by atoms with van der Waals surface area (Å²) in [6.45, 7) is 6.35. The number of benzene rings is 2. The lowest BCUT2D eigenvalue weighted by Gasteiger charge is -2.24. The Bertz CT molecular complexity index is 1520. The number of thiazole rings is 1. The van der Waals surface area contributed by atoms with E-state index in [9.17, 15) is 19.7 Å². The number of unbranched alkanes of at least 4 members (excludes halogenated alkanes) is 1. The first-order chi connectivity index (χ1) is 17.8. The van der Waals surface area contributed by atoms with Gasteiger partial charge in [-0.2, -0.15) is 0 Å². The Balaban J connectivity index is 1.81. The molecular formula is C27H27N3O6S. The Morgan fingerprint density at radius 2 is 1.86 bits per heavy atom. The minimum Gasteiger partial charge on any atom is -0.494 e. The molecule has 0 aliphatic carbocycles. The number of carbonyl (C=O) groups is 1. The van der Waals surface area contributed by atoms with Crippen LogP contribution in [-0.4, -0.2) is 28.7 Å². The van der Waals surface area contributed by atoms with Crippen molar-refractivity contribution in [2.75, 3.05) is 13.2 Å². The Morgan fingerprint density at radius 1 is 1.16 bits per heavy atom. The van der Waals surface area contributed by atoms with E-state index < -0.39 is 16.9 Å². The molecule has 0 bridgehead atoms. The lowest BCUT2D eigenvalue weighted by atomic mass is 9.96. The van der Waals surface area contributed by atoms with Crippen LogP contribution in [0, 0.1) is 10.1 Å². The van der Waals surface area contributed by atoms with Crippen LogP contribution < -0.4 is 19.6 Å². The zero-order valence-electron chi connectivity index (χ0n) is 20.8. The summed E-state index contributed by atoms with van der Waals surface area (Å²) in [5, 5.41) is 11.0. The van der Waals surface area contributed by atoms with Crippen molar-refractivity contribution in [1.82, 2.24) is 4.57 Å². The highest BCUT2D eigenvalue weighted by molar-refractivity contribution is 7.07. The molecule has 10 heteroatoms. The van der Waals surface area contributed by atoms with Crippen molar-refractivity contribution in [3.63, 3.8) is 0 Å². The molecule has 0 spiro atoms. The number of non-ortho nitro benzene ring substituents is 1. The number of allylic oxidation sites excluding steroid dienone is 1. The van der Waals surface area contributed by atoms with Crippen molar-refractivity contribution in [2.24, 2.45) is 4.99 Å². The fourth-order valence-electron chi connectivity index (χ4n) is 4.03. The highest BCUT2D eigenvalue weighted by Gasteiger charge is 2.33. The first kappa shape index (κ1) is 26.0. The molecule has 0 N–H and O–H groups in total. The number of rotatable bonds is 9. The number of hydrogen-bond donors (Lipinski definition) is 0. The summed E-state index contributed by atoms with van der Waals surface area (Å²) in [5.74, 6) is 0.183. The second kappa shape index (κ2) is 11.3. The summed E-state index contributed by atoms with van der Waals surface area (Å²) in [7, 11) is 0. The molecule has 192 valence electrons. The van der Waals surface area contributed by atoms with Crippen LogP contribution in [0.2, 0.25) is 0 Å². The fourth-order valence-corrected chi connectivity index (χ4v) is 5.08. The molecule has 37 heavy (non-hydrogen) atoms. The maximum absolute atomic E-state index is 13.6. The van der Waals surface area contributed by atoms with Crippen molar-refractivity contribution in [3.8, 4) is 5.75 Å². The van der Waals surface area contributed by atoms with Crippen molar-refractivity contribution in [3.05, 3.63) is 101 Å². The normalized spacial score (nSPS) is 15.2. The summed E-state index contributed by atoms with van der Waals surface area (Å²) in [4.78, 5) is 42.1. The van der Waals surface area contributed by atoms with Gasteiger partial charge in [-0.25, -0.2) is 9.79 Å². The molecule has 1 aliphatic heterocycles. The van der Waals surface area contributed by atoms with Gasteiger partial charge in [0.25, 0.3) is 11.2 Å². The topological polar surface area (TPSA) is 113 Å². The van der Waals surface area contributed by atoms with E-state index >= 15 is 0 Å². The minimum atomic E-state index is -0.723. The van der Waals surface area contributed by atoms with Crippen LogP contribution in [0.5, 0.6) is 5.75 Å². The number of hydrogen-bond acceptors (Lipinski definition) is 8. The number of nitro benzene ring substituents is 1. The van der Waals surface area contributed by atoms with Gasteiger partial charge in [0, 0.05) is 12.1 Å². The lowest BCUT2D eigenvalue weighted by Crippen LogP contribution is -2.39. The van der Waals surface area contributed by atoms with E-state index in [4.69, 9.17) is 9.47 Å². The average Bonchev–Trinajstić information content (AvgIpc) is 3.18. The second-order valence-corrected chi connectivity index (χ2v) is 9.43. The van der Waals surface area contributed by atoms with E-state index in [0.717, 1.165) is 18.4 Å². The van der Waals surface area contributed by atoms with Gasteiger partial charge in [-0.15, -0.1) is 0 Å². The quantitative estimate of drug-likeness (QED) is 0.183. The van der Waals surface area contributed by atoms with Gasteiger partial charge in [-0.3, -0.25) is 19.5 Å². The molecule has 1 aromatic heterocycles. The van der Waals surface area contributed by atoms with Crippen molar-refractivity contribution in [2.45, 2.75) is 39.7 Å². The molecule has 1 aliphatic rings. The number of fused-ring (bicyclic) bond motifs is 1. The Morgan fingerprint density at radius 3 is 2.49 bits per heavy atom. The highest BCUT2D eigenvalue weighted by Crippen LogP contribution is 2.31. The number of carbonyl (C=O) groups excluding carboxylic acids is 1. The summed E-state index contributed by atoms with van der Waals surface area (Å²) in [6, 6.07) is 12.6. The van der Waals surface area contributed by atoms with E-state index in [1.807, 2.05) is 24.3 Å². The lowest BCUT2D eigenvalue weighted by molar-refractivity contribution is -0.384. The third-order valence-electron chi connectivity index (χ3n) is 5.88. The van der Waals surface area contributed by atoms with Crippen molar-refractivity contribution >= 4 is 29.1 Å². The standard InChI is InChI=1S/C27H27N3O6S/c1-4-6-15-36-21-13-9-19(10-14-21)24-23(26(32)35-5-2)17(3)28-27-29(24)25(31)22(37-27)16-18-7-11-20(12-8-18)30(33)34/h7-14,16,24H,4-6,15H2,1-3H3. The van der Waals surface area contributed by atoms with Gasteiger partial charge in [0.05, 0.1) is 40.0 Å². The number of ether oxygens (including phenoxy) is 2. The Labute approximate surface area is 217 Å². The largest absolute Gasteiger partial charge is 0.494 e. The van der Waals surface area contributed by atoms with Gasteiger partial charge < -0.3 is 9.47 Å². The zero-order chi connectivity index (χ0) is 26.5. The Kier molecular flexibility index (Phi) is 7.98. The molecular weight excluding hydrogens is 494 g/mol. The first-order valence-electron chi connectivity index (χ1n) is 12.0. The van der Waals surface area contributed by atoms with Gasteiger partial charge in [-0.05, 0) is 61.7 Å². The predicted octanol–water partition coefficient (Wildman–Crippen LogP) is 3.89. The second-order valence-electron chi connectivity index (χ2n) is 8.42. The van der Waals surface area contributed by atoms with E-state index in [-0.39, 0.29) is 17.9 Å². The number of nitro groups is 1. The van der Waals surface area contributed by atoms with E-state index in [1.165, 1.54) is 28.0 Å². The van der Waals surface area contributed by atoms with Crippen LogP contribution in [0.25, 0.3) is 6.08 Å². The first-order valence-corrected chi connectivity index (χ1v) is 12.8. The van der Waals surface area contributed by atoms with Gasteiger partial charge >= 0.3 is 5.97 Å². The van der Waals surface area contributed by atoms with Crippen molar-refractivity contribution in [1.29, 1.82) is 0 Å². The maximum atomic E-state index is 13.6. The van der Waals surface area contributed by atoms with Crippen molar-refractivity contribution < 1.29 is 19.2 Å². The van der Waals surface area contributed by atoms with Gasteiger partial charge in [0.15, 0.2) is 4.80 Å². The summed E-state index contributed by atoms with van der Waals surface area (Å²) in [5.41, 5.74) is 1.80. The average molecular weight is 522 g/mol. The molecule has 2 aromatic carbocycles. The molecule has 2 heterocycles. The maximum Gasteiger partial charge on any atom is 0.338 e. The van der Waals surface area contributed by atoms with Crippen LogP contribution in [0.1, 0.15) is 50.8 Å². The SMILES string of the molecule is CCCCOc1ccc(C2C(C(=O)OCC)=C(C)N=c3sc(=Cc4ccc([N+](=O)[O-])cc4)c(=O)n32)cc1. The smallest absolute Gasteiger partial charge is 0.338 e. The van der Waals surface area contributed by atoms with E-state index in [1.54, 1.807) is 32.1 Å². The number of aromatic nitrogens is 1. The monoisotopic (exact) mass is 521 g/mol. The van der Waals surface area contributed by atoms with Crippen LogP contribution in [-0.2, 0) is 9.53 Å². The third kappa shape index (κ3) is 5.54. The molecule has 0 saturated carbocycles. The molecule has 0 amide bonds. The van der Waals surface area contributed by atoms with Crippen LogP contribution >= 0.6 is 11.3 Å².